The van der Waals surface area contributed by atoms with Crippen molar-refractivity contribution in [3.8, 4) is 0 Å². The zero-order valence-electron chi connectivity index (χ0n) is 12.1. The predicted octanol–water partition coefficient (Wildman–Crippen LogP) is 1.60. The molecule has 0 saturated heterocycles. The molecule has 0 saturated carbocycles. The number of carbonyl (C=O) groups excluding carboxylic acids is 3. The average Bonchev–Trinajstić information content (AvgIpc) is 2.29. The fourth-order valence-electron chi connectivity index (χ4n) is 1.77. The minimum absolute atomic E-state index is 0.454. The molecule has 0 aromatic heterocycles. The summed E-state index contributed by atoms with van der Waals surface area (Å²) in [5.74, 6) is -1.45. The molecule has 2 atom stereocenters. The van der Waals surface area contributed by atoms with Gasteiger partial charge in [-0.2, -0.15) is 0 Å². The first-order valence-corrected chi connectivity index (χ1v) is 6.33. The van der Waals surface area contributed by atoms with E-state index in [9.17, 15) is 14.4 Å². The van der Waals surface area contributed by atoms with Crippen LogP contribution in [-0.4, -0.2) is 36.2 Å². The maximum absolute atomic E-state index is 11.2. The SMILES string of the molecule is CCC(OC(C)=O)C(OC(C)=O)C(CC)OC(C)=O. The van der Waals surface area contributed by atoms with Crippen LogP contribution in [-0.2, 0) is 28.6 Å². The van der Waals surface area contributed by atoms with Gasteiger partial charge in [-0.1, -0.05) is 13.8 Å². The van der Waals surface area contributed by atoms with Gasteiger partial charge in [-0.05, 0) is 12.8 Å². The van der Waals surface area contributed by atoms with E-state index in [1.807, 2.05) is 0 Å². The zero-order valence-corrected chi connectivity index (χ0v) is 12.1. The number of hydrogen-bond donors (Lipinski definition) is 0. The van der Waals surface area contributed by atoms with Gasteiger partial charge in [0.1, 0.15) is 12.2 Å². The van der Waals surface area contributed by atoms with Gasteiger partial charge in [0.25, 0.3) is 0 Å². The first-order valence-electron chi connectivity index (χ1n) is 6.33. The molecule has 6 nitrogen and oxygen atoms in total. The van der Waals surface area contributed by atoms with Gasteiger partial charge in [0.05, 0.1) is 0 Å². The molecule has 0 aliphatic carbocycles. The highest BCUT2D eigenvalue weighted by Crippen LogP contribution is 2.18. The molecule has 0 spiro atoms. The van der Waals surface area contributed by atoms with Crippen molar-refractivity contribution in [2.45, 2.75) is 65.8 Å². The summed E-state index contributed by atoms with van der Waals surface area (Å²) in [5, 5.41) is 0. The van der Waals surface area contributed by atoms with Crippen LogP contribution < -0.4 is 0 Å². The molecule has 0 radical (unpaired) electrons. The Labute approximate surface area is 113 Å². The lowest BCUT2D eigenvalue weighted by Crippen LogP contribution is -2.44. The number of ether oxygens (including phenoxy) is 3. The van der Waals surface area contributed by atoms with Crippen molar-refractivity contribution in [3.05, 3.63) is 0 Å². The van der Waals surface area contributed by atoms with Crippen LogP contribution in [0.3, 0.4) is 0 Å². The van der Waals surface area contributed by atoms with Gasteiger partial charge < -0.3 is 14.2 Å². The Hall–Kier alpha value is -1.59. The smallest absolute Gasteiger partial charge is 0.303 e. The largest absolute Gasteiger partial charge is 0.458 e. The molecule has 0 aliphatic heterocycles. The monoisotopic (exact) mass is 274 g/mol. The fraction of sp³-hybridized carbons (Fsp3) is 0.769. The molecule has 0 aliphatic rings. The maximum Gasteiger partial charge on any atom is 0.303 e. The Kier molecular flexibility index (Phi) is 7.79. The van der Waals surface area contributed by atoms with E-state index in [2.05, 4.69) is 0 Å². The molecule has 19 heavy (non-hydrogen) atoms. The fourth-order valence-corrected chi connectivity index (χ4v) is 1.77. The van der Waals surface area contributed by atoms with Gasteiger partial charge in [0, 0.05) is 20.8 Å². The molecule has 0 rings (SSSR count). The van der Waals surface area contributed by atoms with Crippen molar-refractivity contribution in [3.63, 3.8) is 0 Å². The number of rotatable bonds is 7. The molecule has 0 bridgehead atoms. The van der Waals surface area contributed by atoms with Crippen LogP contribution in [0.4, 0.5) is 0 Å². The lowest BCUT2D eigenvalue weighted by Gasteiger charge is -2.30. The normalized spacial score (nSPS) is 15.0. The van der Waals surface area contributed by atoms with Gasteiger partial charge >= 0.3 is 17.9 Å². The summed E-state index contributed by atoms with van der Waals surface area (Å²) < 4.78 is 15.4. The molecule has 0 fully saturated rings. The first-order chi connectivity index (χ1) is 8.81. The van der Waals surface area contributed by atoms with Crippen LogP contribution in [0.5, 0.6) is 0 Å². The van der Waals surface area contributed by atoms with E-state index >= 15 is 0 Å². The summed E-state index contributed by atoms with van der Waals surface area (Å²) in [6, 6.07) is 0. The quantitative estimate of drug-likeness (QED) is 0.518. The van der Waals surface area contributed by atoms with E-state index in [0.717, 1.165) is 0 Å². The van der Waals surface area contributed by atoms with Crippen LogP contribution in [0.2, 0.25) is 0 Å². The topological polar surface area (TPSA) is 78.9 Å². The number of hydrogen-bond acceptors (Lipinski definition) is 6. The molecule has 0 N–H and O–H groups in total. The lowest BCUT2D eigenvalue weighted by molar-refractivity contribution is -0.183. The van der Waals surface area contributed by atoms with E-state index in [1.165, 1.54) is 20.8 Å². The second-order valence-corrected chi connectivity index (χ2v) is 4.19. The zero-order chi connectivity index (χ0) is 15.0. The van der Waals surface area contributed by atoms with Crippen molar-refractivity contribution < 1.29 is 28.6 Å². The number of esters is 3. The van der Waals surface area contributed by atoms with Gasteiger partial charge in [-0.15, -0.1) is 0 Å². The molecule has 0 aromatic rings. The van der Waals surface area contributed by atoms with Gasteiger partial charge in [-0.3, -0.25) is 14.4 Å². The van der Waals surface area contributed by atoms with Crippen LogP contribution >= 0.6 is 0 Å². The van der Waals surface area contributed by atoms with Gasteiger partial charge in [-0.25, -0.2) is 0 Å². The molecular weight excluding hydrogens is 252 g/mol. The van der Waals surface area contributed by atoms with E-state index in [-0.39, 0.29) is 0 Å². The van der Waals surface area contributed by atoms with Crippen LogP contribution in [0, 0.1) is 0 Å². The summed E-state index contributed by atoms with van der Waals surface area (Å²) in [6.45, 7) is 7.41. The standard InChI is InChI=1S/C13H22O6/c1-6-11(17-8(3)14)13(19-10(5)16)12(7-2)18-9(4)15/h11-13H,6-7H2,1-5H3. The second-order valence-electron chi connectivity index (χ2n) is 4.19. The lowest BCUT2D eigenvalue weighted by atomic mass is 10.0. The highest BCUT2D eigenvalue weighted by atomic mass is 16.6. The third kappa shape index (κ3) is 6.79. The Morgan fingerprint density at radius 1 is 0.737 bits per heavy atom. The Morgan fingerprint density at radius 3 is 1.26 bits per heavy atom. The molecule has 110 valence electrons. The summed E-state index contributed by atoms with van der Waals surface area (Å²) in [7, 11) is 0. The maximum atomic E-state index is 11.2. The Morgan fingerprint density at radius 2 is 1.05 bits per heavy atom. The molecule has 0 aromatic carbocycles. The molecule has 0 heterocycles. The van der Waals surface area contributed by atoms with Crippen LogP contribution in [0.1, 0.15) is 47.5 Å². The highest BCUT2D eigenvalue weighted by Gasteiger charge is 2.34. The van der Waals surface area contributed by atoms with Crippen molar-refractivity contribution >= 4 is 17.9 Å². The molecule has 6 heteroatoms. The Balaban J connectivity index is 5.06. The predicted molar refractivity (Wildman–Crippen MR) is 67.2 cm³/mol. The third-order valence-corrected chi connectivity index (χ3v) is 2.47. The minimum Gasteiger partial charge on any atom is -0.458 e. The van der Waals surface area contributed by atoms with E-state index in [0.29, 0.717) is 12.8 Å². The van der Waals surface area contributed by atoms with E-state index in [4.69, 9.17) is 14.2 Å². The van der Waals surface area contributed by atoms with Crippen LogP contribution in [0.25, 0.3) is 0 Å². The summed E-state index contributed by atoms with van der Waals surface area (Å²) >= 11 is 0. The van der Waals surface area contributed by atoms with Crippen molar-refractivity contribution in [2.75, 3.05) is 0 Å². The van der Waals surface area contributed by atoms with Crippen LogP contribution in [0.15, 0.2) is 0 Å². The van der Waals surface area contributed by atoms with Crippen molar-refractivity contribution in [2.24, 2.45) is 0 Å². The van der Waals surface area contributed by atoms with Crippen molar-refractivity contribution in [1.29, 1.82) is 0 Å². The van der Waals surface area contributed by atoms with E-state index in [1.54, 1.807) is 13.8 Å². The average molecular weight is 274 g/mol. The molecular formula is C13H22O6. The summed E-state index contributed by atoms with van der Waals surface area (Å²) in [5.41, 5.74) is 0. The number of carbonyl (C=O) groups is 3. The second kappa shape index (κ2) is 8.50. The summed E-state index contributed by atoms with van der Waals surface area (Å²) in [4.78, 5) is 33.3. The van der Waals surface area contributed by atoms with E-state index < -0.39 is 36.2 Å². The highest BCUT2D eigenvalue weighted by molar-refractivity contribution is 5.68. The third-order valence-electron chi connectivity index (χ3n) is 2.47. The van der Waals surface area contributed by atoms with Gasteiger partial charge in [0.15, 0.2) is 6.10 Å². The molecule has 2 unspecified atom stereocenters. The first kappa shape index (κ1) is 17.4. The molecule has 0 amide bonds. The Bertz CT molecular complexity index is 301. The van der Waals surface area contributed by atoms with Gasteiger partial charge in [0.2, 0.25) is 0 Å². The summed E-state index contributed by atoms with van der Waals surface area (Å²) in [6.07, 6.45) is -1.15. The minimum atomic E-state index is -0.791. The van der Waals surface area contributed by atoms with Crippen molar-refractivity contribution in [1.82, 2.24) is 0 Å².